The molecular formula is C34H67NO3. The highest BCUT2D eigenvalue weighted by molar-refractivity contribution is 5.80. The third kappa shape index (κ3) is 28.1. The van der Waals surface area contributed by atoms with Crippen LogP contribution in [-0.4, -0.2) is 25.4 Å². The third-order valence-electron chi connectivity index (χ3n) is 6.70. The van der Waals surface area contributed by atoms with Crippen LogP contribution in [0, 0.1) is 16.2 Å². The lowest BCUT2D eigenvalue weighted by Crippen LogP contribution is -2.36. The minimum absolute atomic E-state index is 0.0178. The van der Waals surface area contributed by atoms with Crippen molar-refractivity contribution in [3.63, 3.8) is 0 Å². The molecule has 0 saturated heterocycles. The maximum Gasteiger partial charge on any atom is 0.280 e. The Kier molecular flexibility index (Phi) is 20.5. The van der Waals surface area contributed by atoms with Gasteiger partial charge in [0.2, 0.25) is 6.29 Å². The Morgan fingerprint density at radius 1 is 0.579 bits per heavy atom. The maximum absolute atomic E-state index is 12.7. The number of carbonyl (C=O) groups excluding carboxylic acids is 1. The summed E-state index contributed by atoms with van der Waals surface area (Å²) in [6.07, 6.45) is 22.8. The second-order valence-electron chi connectivity index (χ2n) is 14.9. The Labute approximate surface area is 238 Å². The molecule has 0 rings (SSSR count). The molecule has 0 heterocycles. The van der Waals surface area contributed by atoms with Gasteiger partial charge in [-0.25, -0.2) is 0 Å². The Balaban J connectivity index is 4.15. The minimum atomic E-state index is -0.825. The van der Waals surface area contributed by atoms with E-state index in [4.69, 9.17) is 9.47 Å². The van der Waals surface area contributed by atoms with E-state index in [0.717, 1.165) is 25.7 Å². The molecule has 0 unspecified atom stereocenters. The molecule has 38 heavy (non-hydrogen) atoms. The first-order valence-corrected chi connectivity index (χ1v) is 15.9. The predicted molar refractivity (Wildman–Crippen MR) is 165 cm³/mol. The summed E-state index contributed by atoms with van der Waals surface area (Å²) in [7, 11) is 0. The topological polar surface area (TPSA) is 47.6 Å². The van der Waals surface area contributed by atoms with Crippen molar-refractivity contribution in [2.24, 2.45) is 16.2 Å². The van der Waals surface area contributed by atoms with Crippen LogP contribution in [0.1, 0.15) is 165 Å². The van der Waals surface area contributed by atoms with Crippen LogP contribution in [0.3, 0.4) is 0 Å². The van der Waals surface area contributed by atoms with E-state index in [1.807, 2.05) is 6.08 Å². The van der Waals surface area contributed by atoms with Crippen molar-refractivity contribution < 1.29 is 14.3 Å². The molecule has 1 amide bonds. The van der Waals surface area contributed by atoms with Crippen molar-refractivity contribution in [1.82, 2.24) is 5.32 Å². The van der Waals surface area contributed by atoms with Crippen LogP contribution in [0.5, 0.6) is 0 Å². The lowest BCUT2D eigenvalue weighted by atomic mass is 9.89. The SMILES string of the molecule is CC(C)(C)/C=C/NC(=O)C(OCCCCCCCCCC(C)(C)C)OCCCCCCCCCC(C)(C)C. The molecule has 0 aromatic rings. The zero-order valence-corrected chi connectivity index (χ0v) is 27.2. The molecule has 0 aromatic heterocycles. The van der Waals surface area contributed by atoms with Crippen LogP contribution < -0.4 is 5.32 Å². The first-order valence-electron chi connectivity index (χ1n) is 15.9. The Morgan fingerprint density at radius 2 is 0.921 bits per heavy atom. The molecule has 0 bridgehead atoms. The molecule has 4 heteroatoms. The van der Waals surface area contributed by atoms with Crippen molar-refractivity contribution >= 4 is 5.91 Å². The van der Waals surface area contributed by atoms with E-state index in [1.165, 1.54) is 77.0 Å². The first-order chi connectivity index (χ1) is 17.7. The standard InChI is InChI=1S/C34H67NO3/c1-32(2,3)24-20-16-12-10-14-18-22-28-37-31(30(36)35-27-26-34(7,8)9)38-29-23-19-15-11-13-17-21-25-33(4,5)6/h26-27,31H,10-25,28-29H2,1-9H3,(H,35,36)/b27-26+. The monoisotopic (exact) mass is 538 g/mol. The van der Waals surface area contributed by atoms with Gasteiger partial charge in [-0.15, -0.1) is 0 Å². The number of ether oxygens (including phenoxy) is 2. The largest absolute Gasteiger partial charge is 0.345 e. The molecule has 1 N–H and O–H groups in total. The second kappa shape index (κ2) is 21.0. The van der Waals surface area contributed by atoms with E-state index in [-0.39, 0.29) is 11.3 Å². The van der Waals surface area contributed by atoms with Crippen molar-refractivity contribution in [1.29, 1.82) is 0 Å². The van der Waals surface area contributed by atoms with Gasteiger partial charge in [0.1, 0.15) is 0 Å². The summed E-state index contributed by atoms with van der Waals surface area (Å²) in [5.74, 6) is -0.205. The van der Waals surface area contributed by atoms with Gasteiger partial charge in [0.05, 0.1) is 13.2 Å². The summed E-state index contributed by atoms with van der Waals surface area (Å²) < 4.78 is 11.8. The van der Waals surface area contributed by atoms with Crippen molar-refractivity contribution in [2.75, 3.05) is 13.2 Å². The molecule has 0 aliphatic carbocycles. The zero-order valence-electron chi connectivity index (χ0n) is 27.2. The van der Waals surface area contributed by atoms with Gasteiger partial charge >= 0.3 is 0 Å². The Bertz CT molecular complexity index is 558. The highest BCUT2D eigenvalue weighted by Crippen LogP contribution is 2.23. The highest BCUT2D eigenvalue weighted by Gasteiger charge is 2.19. The van der Waals surface area contributed by atoms with Crippen LogP contribution in [-0.2, 0) is 14.3 Å². The first kappa shape index (κ1) is 37.1. The summed E-state index contributed by atoms with van der Waals surface area (Å²) in [6, 6.07) is 0. The lowest BCUT2D eigenvalue weighted by molar-refractivity contribution is -0.172. The molecule has 0 spiro atoms. The molecule has 0 atom stereocenters. The molecule has 0 aromatic carbocycles. The molecule has 0 saturated carbocycles. The predicted octanol–water partition coefficient (Wildman–Crippen LogP) is 10.4. The van der Waals surface area contributed by atoms with Crippen LogP contribution in [0.25, 0.3) is 0 Å². The van der Waals surface area contributed by atoms with E-state index >= 15 is 0 Å². The van der Waals surface area contributed by atoms with E-state index in [2.05, 4.69) is 67.6 Å². The Morgan fingerprint density at radius 3 is 1.26 bits per heavy atom. The number of carbonyl (C=O) groups is 1. The van der Waals surface area contributed by atoms with Crippen LogP contribution >= 0.6 is 0 Å². The summed E-state index contributed by atoms with van der Waals surface area (Å²) in [5.41, 5.74) is 0.928. The van der Waals surface area contributed by atoms with E-state index in [9.17, 15) is 4.79 Å². The third-order valence-corrected chi connectivity index (χ3v) is 6.70. The summed E-state index contributed by atoms with van der Waals surface area (Å²) in [4.78, 5) is 12.7. The molecule has 0 fully saturated rings. The van der Waals surface area contributed by atoms with E-state index in [0.29, 0.717) is 24.0 Å². The number of amides is 1. The zero-order chi connectivity index (χ0) is 28.9. The number of allylic oxidation sites excluding steroid dienone is 1. The smallest absolute Gasteiger partial charge is 0.280 e. The number of hydrogen-bond donors (Lipinski definition) is 1. The molecule has 0 aliphatic heterocycles. The number of unbranched alkanes of at least 4 members (excludes halogenated alkanes) is 12. The molecule has 4 nitrogen and oxygen atoms in total. The summed E-state index contributed by atoms with van der Waals surface area (Å²) in [5, 5.41) is 2.85. The van der Waals surface area contributed by atoms with Gasteiger partial charge in [-0.2, -0.15) is 0 Å². The highest BCUT2D eigenvalue weighted by atomic mass is 16.7. The van der Waals surface area contributed by atoms with Crippen molar-refractivity contribution in [3.8, 4) is 0 Å². The van der Waals surface area contributed by atoms with Gasteiger partial charge < -0.3 is 14.8 Å². The number of hydrogen-bond acceptors (Lipinski definition) is 3. The van der Waals surface area contributed by atoms with Crippen LogP contribution in [0.15, 0.2) is 12.3 Å². The van der Waals surface area contributed by atoms with Crippen molar-refractivity contribution in [2.45, 2.75) is 171 Å². The number of rotatable bonds is 22. The van der Waals surface area contributed by atoms with Gasteiger partial charge in [0.25, 0.3) is 5.91 Å². The van der Waals surface area contributed by atoms with E-state index < -0.39 is 6.29 Å². The van der Waals surface area contributed by atoms with Gasteiger partial charge in [0.15, 0.2) is 0 Å². The van der Waals surface area contributed by atoms with E-state index in [1.54, 1.807) is 6.20 Å². The van der Waals surface area contributed by atoms with Gasteiger partial charge in [-0.05, 0) is 41.9 Å². The Hall–Kier alpha value is -0.870. The fraction of sp³-hybridized carbons (Fsp3) is 0.912. The minimum Gasteiger partial charge on any atom is -0.345 e. The van der Waals surface area contributed by atoms with Gasteiger partial charge in [-0.1, -0.05) is 145 Å². The molecule has 0 radical (unpaired) electrons. The average molecular weight is 538 g/mol. The lowest BCUT2D eigenvalue weighted by Gasteiger charge is -2.18. The molecular weight excluding hydrogens is 470 g/mol. The second-order valence-corrected chi connectivity index (χ2v) is 14.9. The van der Waals surface area contributed by atoms with Gasteiger partial charge in [0, 0.05) is 6.20 Å². The maximum atomic E-state index is 12.7. The fourth-order valence-electron chi connectivity index (χ4n) is 4.30. The fourth-order valence-corrected chi connectivity index (χ4v) is 4.30. The summed E-state index contributed by atoms with van der Waals surface area (Å²) >= 11 is 0. The molecule has 226 valence electrons. The van der Waals surface area contributed by atoms with Gasteiger partial charge in [-0.3, -0.25) is 4.79 Å². The average Bonchev–Trinajstić information content (AvgIpc) is 2.77. The normalized spacial score (nSPS) is 13.1. The number of nitrogens with one attached hydrogen (secondary N) is 1. The van der Waals surface area contributed by atoms with Crippen LogP contribution in [0.4, 0.5) is 0 Å². The summed E-state index contributed by atoms with van der Waals surface area (Å²) in [6.45, 7) is 21.4. The van der Waals surface area contributed by atoms with Crippen molar-refractivity contribution in [3.05, 3.63) is 12.3 Å². The molecule has 0 aliphatic rings. The quantitative estimate of drug-likeness (QED) is 0.110. The van der Waals surface area contributed by atoms with Crippen LogP contribution in [0.2, 0.25) is 0 Å².